The predicted molar refractivity (Wildman–Crippen MR) is 69.1 cm³/mol. The fourth-order valence-corrected chi connectivity index (χ4v) is 1.51. The second-order valence-corrected chi connectivity index (χ2v) is 3.91. The van der Waals surface area contributed by atoms with E-state index in [1.807, 2.05) is 6.07 Å². The van der Waals surface area contributed by atoms with Crippen LogP contribution in [0.25, 0.3) is 0 Å². The Bertz CT molecular complexity index is 482. The normalized spacial score (nSPS) is 9.47. The molecule has 6 nitrogen and oxygen atoms in total. The van der Waals surface area contributed by atoms with Crippen molar-refractivity contribution in [3.05, 3.63) is 30.1 Å². The molecular weight excluding hydrogens is 246 g/mol. The van der Waals surface area contributed by atoms with E-state index in [0.717, 1.165) is 4.90 Å². The Morgan fingerprint density at radius 3 is 2.74 bits per heavy atom. The molecule has 1 heterocycles. The molecule has 6 heteroatoms. The first kappa shape index (κ1) is 14.5. The smallest absolute Gasteiger partial charge is 0.323 e. The highest BCUT2D eigenvalue weighted by molar-refractivity contribution is 5.80. The Hall–Kier alpha value is -2.55. The summed E-state index contributed by atoms with van der Waals surface area (Å²) in [7, 11) is 1.57. The highest BCUT2D eigenvalue weighted by Gasteiger charge is 2.19. The van der Waals surface area contributed by atoms with E-state index < -0.39 is 18.5 Å². The molecule has 100 valence electrons. The number of carbonyl (C=O) groups excluding carboxylic acids is 1. The van der Waals surface area contributed by atoms with E-state index in [2.05, 4.69) is 10.9 Å². The first-order chi connectivity index (χ1) is 9.04. The molecule has 1 aromatic rings. The number of aromatic nitrogens is 1. The SMILES string of the molecule is C#CCN(CC(=O)O)C(=O)N(C)Cc1ccccn1. The number of hydrogen-bond acceptors (Lipinski definition) is 3. The molecule has 1 aromatic heterocycles. The standard InChI is InChI=1S/C13H15N3O3/c1-3-8-16(10-12(17)18)13(19)15(2)9-11-6-4-5-7-14-11/h1,4-7H,8-10H2,2H3,(H,17,18). The monoisotopic (exact) mass is 261 g/mol. The number of rotatable bonds is 5. The number of terminal acetylenes is 1. The summed E-state index contributed by atoms with van der Waals surface area (Å²) in [4.78, 5) is 29.3. The van der Waals surface area contributed by atoms with E-state index in [1.54, 1.807) is 25.4 Å². The van der Waals surface area contributed by atoms with Gasteiger partial charge in [-0.3, -0.25) is 9.78 Å². The lowest BCUT2D eigenvalue weighted by molar-refractivity contribution is -0.137. The molecule has 0 radical (unpaired) electrons. The zero-order valence-electron chi connectivity index (χ0n) is 10.6. The summed E-state index contributed by atoms with van der Waals surface area (Å²) in [5, 5.41) is 8.74. The van der Waals surface area contributed by atoms with E-state index in [9.17, 15) is 9.59 Å². The Balaban J connectivity index is 2.68. The Morgan fingerprint density at radius 2 is 2.21 bits per heavy atom. The third-order valence-electron chi connectivity index (χ3n) is 2.33. The average molecular weight is 261 g/mol. The van der Waals surface area contributed by atoms with Crippen LogP contribution in [-0.4, -0.2) is 52.0 Å². The van der Waals surface area contributed by atoms with Crippen molar-refractivity contribution < 1.29 is 14.7 Å². The third-order valence-corrected chi connectivity index (χ3v) is 2.33. The molecule has 0 saturated heterocycles. The number of carboxylic acid groups (broad SMARTS) is 1. The van der Waals surface area contributed by atoms with Crippen LogP contribution < -0.4 is 0 Å². The van der Waals surface area contributed by atoms with Crippen LogP contribution in [0.2, 0.25) is 0 Å². The molecule has 1 rings (SSSR count). The summed E-state index contributed by atoms with van der Waals surface area (Å²) in [5.74, 6) is 1.17. The fraction of sp³-hybridized carbons (Fsp3) is 0.308. The van der Waals surface area contributed by atoms with Gasteiger partial charge in [-0.05, 0) is 12.1 Å². The van der Waals surface area contributed by atoms with Gasteiger partial charge in [0, 0.05) is 13.2 Å². The summed E-state index contributed by atoms with van der Waals surface area (Å²) in [6.45, 7) is -0.173. The largest absolute Gasteiger partial charge is 0.480 e. The van der Waals surface area contributed by atoms with Crippen molar-refractivity contribution in [2.24, 2.45) is 0 Å². The zero-order chi connectivity index (χ0) is 14.3. The van der Waals surface area contributed by atoms with E-state index in [0.29, 0.717) is 12.2 Å². The average Bonchev–Trinajstić information content (AvgIpc) is 2.38. The molecule has 1 N–H and O–H groups in total. The van der Waals surface area contributed by atoms with Gasteiger partial charge >= 0.3 is 12.0 Å². The van der Waals surface area contributed by atoms with Crippen molar-refractivity contribution in [2.45, 2.75) is 6.54 Å². The first-order valence-corrected chi connectivity index (χ1v) is 5.59. The van der Waals surface area contributed by atoms with Gasteiger partial charge < -0.3 is 14.9 Å². The second kappa shape index (κ2) is 7.01. The minimum Gasteiger partial charge on any atom is -0.480 e. The molecule has 0 aromatic carbocycles. The quantitative estimate of drug-likeness (QED) is 0.790. The van der Waals surface area contributed by atoms with Crippen molar-refractivity contribution >= 4 is 12.0 Å². The maximum atomic E-state index is 12.0. The molecule has 0 aliphatic rings. The van der Waals surface area contributed by atoms with Gasteiger partial charge in [0.05, 0.1) is 18.8 Å². The second-order valence-electron chi connectivity index (χ2n) is 3.91. The summed E-state index contributed by atoms with van der Waals surface area (Å²) in [6, 6.07) is 4.94. The van der Waals surface area contributed by atoms with Gasteiger partial charge in [0.15, 0.2) is 0 Å². The number of nitrogens with zero attached hydrogens (tertiary/aromatic N) is 3. The summed E-state index contributed by atoms with van der Waals surface area (Å²) in [6.07, 6.45) is 6.76. The summed E-state index contributed by atoms with van der Waals surface area (Å²) < 4.78 is 0. The van der Waals surface area contributed by atoms with Crippen molar-refractivity contribution in [1.82, 2.24) is 14.8 Å². The summed E-state index contributed by atoms with van der Waals surface area (Å²) >= 11 is 0. The third kappa shape index (κ3) is 4.68. The lowest BCUT2D eigenvalue weighted by Gasteiger charge is -2.25. The topological polar surface area (TPSA) is 73.7 Å². The number of carboxylic acids is 1. The number of carbonyl (C=O) groups is 2. The number of amides is 2. The highest BCUT2D eigenvalue weighted by atomic mass is 16.4. The van der Waals surface area contributed by atoms with E-state index in [-0.39, 0.29) is 6.54 Å². The number of aliphatic carboxylic acids is 1. The molecule has 2 amide bonds. The van der Waals surface area contributed by atoms with Gasteiger partial charge in [-0.2, -0.15) is 0 Å². The van der Waals surface area contributed by atoms with Crippen LogP contribution in [0.1, 0.15) is 5.69 Å². The van der Waals surface area contributed by atoms with Crippen molar-refractivity contribution in [3.8, 4) is 12.3 Å². The van der Waals surface area contributed by atoms with Crippen LogP contribution >= 0.6 is 0 Å². The lowest BCUT2D eigenvalue weighted by atomic mass is 10.3. The molecule has 0 saturated carbocycles. The van der Waals surface area contributed by atoms with Gasteiger partial charge in [0.25, 0.3) is 0 Å². The van der Waals surface area contributed by atoms with Gasteiger partial charge in [-0.25, -0.2) is 4.79 Å². The first-order valence-electron chi connectivity index (χ1n) is 5.59. The van der Waals surface area contributed by atoms with Crippen molar-refractivity contribution in [2.75, 3.05) is 20.1 Å². The number of hydrogen-bond donors (Lipinski definition) is 1. The van der Waals surface area contributed by atoms with Crippen LogP contribution in [0.5, 0.6) is 0 Å². The van der Waals surface area contributed by atoms with E-state index in [4.69, 9.17) is 11.5 Å². The maximum Gasteiger partial charge on any atom is 0.323 e. The molecule has 0 bridgehead atoms. The molecule has 0 atom stereocenters. The summed E-state index contributed by atoms with van der Waals surface area (Å²) in [5.41, 5.74) is 0.717. The van der Waals surface area contributed by atoms with Gasteiger partial charge in [-0.1, -0.05) is 12.0 Å². The van der Waals surface area contributed by atoms with E-state index in [1.165, 1.54) is 4.90 Å². The predicted octanol–water partition coefficient (Wildman–Crippen LogP) is 0.653. The zero-order valence-corrected chi connectivity index (χ0v) is 10.6. The number of urea groups is 1. The van der Waals surface area contributed by atoms with Crippen LogP contribution in [0.15, 0.2) is 24.4 Å². The molecule has 19 heavy (non-hydrogen) atoms. The Kier molecular flexibility index (Phi) is 5.35. The molecule has 0 aliphatic heterocycles. The molecule has 0 fully saturated rings. The van der Waals surface area contributed by atoms with Crippen LogP contribution in [-0.2, 0) is 11.3 Å². The van der Waals surface area contributed by atoms with Crippen LogP contribution in [0.3, 0.4) is 0 Å². The minimum atomic E-state index is -1.10. The maximum absolute atomic E-state index is 12.0. The van der Waals surface area contributed by atoms with Gasteiger partial charge in [-0.15, -0.1) is 6.42 Å². The Labute approximate surface area is 111 Å². The molecule has 0 spiro atoms. The van der Waals surface area contributed by atoms with E-state index >= 15 is 0 Å². The minimum absolute atomic E-state index is 0.0440. The molecule has 0 unspecified atom stereocenters. The lowest BCUT2D eigenvalue weighted by Crippen LogP contribution is -2.43. The highest BCUT2D eigenvalue weighted by Crippen LogP contribution is 2.03. The van der Waals surface area contributed by atoms with Crippen molar-refractivity contribution in [3.63, 3.8) is 0 Å². The Morgan fingerprint density at radius 1 is 1.47 bits per heavy atom. The molecule has 0 aliphatic carbocycles. The van der Waals surface area contributed by atoms with Gasteiger partial charge in [0.1, 0.15) is 6.54 Å². The van der Waals surface area contributed by atoms with Gasteiger partial charge in [0.2, 0.25) is 0 Å². The van der Waals surface area contributed by atoms with Crippen LogP contribution in [0, 0.1) is 12.3 Å². The van der Waals surface area contributed by atoms with Crippen molar-refractivity contribution in [1.29, 1.82) is 0 Å². The van der Waals surface area contributed by atoms with Crippen LogP contribution in [0.4, 0.5) is 4.79 Å². The number of pyridine rings is 1. The fourth-order valence-electron chi connectivity index (χ4n) is 1.51. The molecular formula is C13H15N3O3.